The predicted octanol–water partition coefficient (Wildman–Crippen LogP) is 3.09. The van der Waals surface area contributed by atoms with Crippen LogP contribution in [0.25, 0.3) is 11.1 Å². The zero-order valence-corrected chi connectivity index (χ0v) is 15.0. The van der Waals surface area contributed by atoms with Crippen LogP contribution >= 0.6 is 0 Å². The Hall–Kier alpha value is -2.40. The van der Waals surface area contributed by atoms with Crippen molar-refractivity contribution in [3.8, 4) is 11.1 Å². The Labute approximate surface area is 148 Å². The Kier molecular flexibility index (Phi) is 5.04. The van der Waals surface area contributed by atoms with E-state index in [1.807, 2.05) is 31.4 Å². The number of para-hydroxylation sites is 1. The van der Waals surface area contributed by atoms with Crippen LogP contribution in [-0.2, 0) is 11.2 Å². The Morgan fingerprint density at radius 1 is 1.28 bits per heavy atom. The molecule has 25 heavy (non-hydrogen) atoms. The number of rotatable bonds is 5. The fourth-order valence-electron chi connectivity index (χ4n) is 3.26. The second-order valence-electron chi connectivity index (χ2n) is 6.91. The number of aromatic nitrogens is 1. The van der Waals surface area contributed by atoms with Crippen molar-refractivity contribution in [1.29, 1.82) is 0 Å². The Morgan fingerprint density at radius 3 is 2.80 bits per heavy atom. The molecule has 1 amide bonds. The van der Waals surface area contributed by atoms with Gasteiger partial charge in [-0.2, -0.15) is 0 Å². The number of fused-ring (bicyclic) bond motifs is 1. The van der Waals surface area contributed by atoms with Crippen molar-refractivity contribution >= 4 is 17.3 Å². The molecule has 3 rings (SSSR count). The standard InChI is InChI=1S/C20H25N3O2/c1-13(2)18(12-24)22-16-9-15(10-21-11-16)17-6-4-5-14-7-8-19(25)23(3)20(14)17/h4-6,9-11,13,18,22,24H,7-8,12H2,1-3H3/t18-/m0/s1. The molecule has 0 aliphatic carbocycles. The van der Waals surface area contributed by atoms with Crippen LogP contribution < -0.4 is 10.2 Å². The van der Waals surface area contributed by atoms with Gasteiger partial charge in [0.05, 0.1) is 24.0 Å². The molecule has 2 aromatic rings. The van der Waals surface area contributed by atoms with Gasteiger partial charge in [0.2, 0.25) is 5.91 Å². The molecular formula is C20H25N3O2. The fraction of sp³-hybridized carbons (Fsp3) is 0.400. The summed E-state index contributed by atoms with van der Waals surface area (Å²) in [6, 6.07) is 8.15. The van der Waals surface area contributed by atoms with Crippen LogP contribution in [-0.4, -0.2) is 35.7 Å². The lowest BCUT2D eigenvalue weighted by molar-refractivity contribution is -0.118. The molecule has 1 aromatic carbocycles. The third kappa shape index (κ3) is 3.51. The molecule has 1 aromatic heterocycles. The highest BCUT2D eigenvalue weighted by atomic mass is 16.3. The summed E-state index contributed by atoms with van der Waals surface area (Å²) in [6.07, 6.45) is 4.91. The number of carbonyl (C=O) groups excluding carboxylic acids is 1. The molecule has 1 atom stereocenters. The number of pyridine rings is 1. The summed E-state index contributed by atoms with van der Waals surface area (Å²) < 4.78 is 0. The molecule has 1 aliphatic heterocycles. The van der Waals surface area contributed by atoms with Gasteiger partial charge in [0, 0.05) is 37.0 Å². The Bertz CT molecular complexity index is 773. The Balaban J connectivity index is 1.99. The van der Waals surface area contributed by atoms with Gasteiger partial charge >= 0.3 is 0 Å². The second-order valence-corrected chi connectivity index (χ2v) is 6.91. The highest BCUT2D eigenvalue weighted by molar-refractivity contribution is 6.00. The summed E-state index contributed by atoms with van der Waals surface area (Å²) in [4.78, 5) is 18.2. The van der Waals surface area contributed by atoms with Gasteiger partial charge in [-0.05, 0) is 24.0 Å². The van der Waals surface area contributed by atoms with E-state index in [9.17, 15) is 9.90 Å². The summed E-state index contributed by atoms with van der Waals surface area (Å²) in [5.74, 6) is 0.448. The van der Waals surface area contributed by atoms with Crippen LogP contribution in [0.1, 0.15) is 25.8 Å². The molecule has 1 aliphatic rings. The fourth-order valence-corrected chi connectivity index (χ4v) is 3.26. The van der Waals surface area contributed by atoms with Crippen molar-refractivity contribution in [3.05, 3.63) is 42.2 Å². The van der Waals surface area contributed by atoms with Crippen LogP contribution in [0, 0.1) is 5.92 Å². The molecule has 2 heterocycles. The van der Waals surface area contributed by atoms with Gasteiger partial charge < -0.3 is 15.3 Å². The zero-order valence-electron chi connectivity index (χ0n) is 15.0. The van der Waals surface area contributed by atoms with Gasteiger partial charge in [-0.25, -0.2) is 0 Å². The van der Waals surface area contributed by atoms with E-state index in [0.717, 1.165) is 28.9 Å². The first-order chi connectivity index (χ1) is 12.0. The highest BCUT2D eigenvalue weighted by Crippen LogP contribution is 2.37. The maximum absolute atomic E-state index is 12.1. The first kappa shape index (κ1) is 17.4. The maximum atomic E-state index is 12.1. The van der Waals surface area contributed by atoms with Gasteiger partial charge in [-0.3, -0.25) is 9.78 Å². The predicted molar refractivity (Wildman–Crippen MR) is 101 cm³/mol. The lowest BCUT2D eigenvalue weighted by Crippen LogP contribution is -2.31. The van der Waals surface area contributed by atoms with Crippen LogP contribution in [0.15, 0.2) is 36.7 Å². The molecule has 0 radical (unpaired) electrons. The molecule has 0 saturated heterocycles. The van der Waals surface area contributed by atoms with Crippen molar-refractivity contribution < 1.29 is 9.90 Å². The molecule has 2 N–H and O–H groups in total. The SMILES string of the molecule is CC(C)[C@H](CO)Nc1cncc(-c2cccc3c2N(C)C(=O)CC3)c1. The lowest BCUT2D eigenvalue weighted by Gasteiger charge is -2.28. The summed E-state index contributed by atoms with van der Waals surface area (Å²) in [5.41, 5.74) is 5.00. The van der Waals surface area contributed by atoms with Crippen molar-refractivity contribution in [2.75, 3.05) is 23.9 Å². The van der Waals surface area contributed by atoms with E-state index >= 15 is 0 Å². The largest absolute Gasteiger partial charge is 0.394 e. The Morgan fingerprint density at radius 2 is 2.08 bits per heavy atom. The number of amides is 1. The molecule has 0 spiro atoms. The molecule has 0 bridgehead atoms. The average molecular weight is 339 g/mol. The first-order valence-corrected chi connectivity index (χ1v) is 8.72. The number of aliphatic hydroxyl groups is 1. The molecule has 5 heteroatoms. The van der Waals surface area contributed by atoms with E-state index in [1.54, 1.807) is 11.1 Å². The normalized spacial score (nSPS) is 15.2. The van der Waals surface area contributed by atoms with Gasteiger partial charge in [-0.1, -0.05) is 32.0 Å². The summed E-state index contributed by atoms with van der Waals surface area (Å²) in [5, 5.41) is 12.9. The summed E-state index contributed by atoms with van der Waals surface area (Å²) >= 11 is 0. The minimum Gasteiger partial charge on any atom is -0.394 e. The van der Waals surface area contributed by atoms with E-state index in [0.29, 0.717) is 12.3 Å². The van der Waals surface area contributed by atoms with Crippen molar-refractivity contribution in [3.63, 3.8) is 0 Å². The number of nitrogens with one attached hydrogen (secondary N) is 1. The van der Waals surface area contributed by atoms with Crippen LogP contribution in [0.5, 0.6) is 0 Å². The minimum absolute atomic E-state index is 0.0222. The number of hydrogen-bond acceptors (Lipinski definition) is 4. The maximum Gasteiger partial charge on any atom is 0.227 e. The number of benzene rings is 1. The number of hydrogen-bond donors (Lipinski definition) is 2. The number of anilines is 2. The first-order valence-electron chi connectivity index (χ1n) is 8.72. The van der Waals surface area contributed by atoms with Gasteiger partial charge in [0.1, 0.15) is 0 Å². The average Bonchev–Trinajstić information content (AvgIpc) is 2.62. The van der Waals surface area contributed by atoms with Crippen LogP contribution in [0.3, 0.4) is 0 Å². The lowest BCUT2D eigenvalue weighted by atomic mass is 9.94. The van der Waals surface area contributed by atoms with Crippen LogP contribution in [0.2, 0.25) is 0 Å². The summed E-state index contributed by atoms with van der Waals surface area (Å²) in [7, 11) is 1.83. The topological polar surface area (TPSA) is 65.5 Å². The molecule has 0 fully saturated rings. The minimum atomic E-state index is -0.0222. The molecule has 0 saturated carbocycles. The number of aryl methyl sites for hydroxylation is 1. The molecule has 132 valence electrons. The molecule has 5 nitrogen and oxygen atoms in total. The van der Waals surface area contributed by atoms with Crippen molar-refractivity contribution in [1.82, 2.24) is 4.98 Å². The molecule has 0 unspecified atom stereocenters. The number of aliphatic hydroxyl groups excluding tert-OH is 1. The third-order valence-electron chi connectivity index (χ3n) is 4.84. The van der Waals surface area contributed by atoms with E-state index in [1.165, 1.54) is 5.56 Å². The van der Waals surface area contributed by atoms with E-state index in [-0.39, 0.29) is 18.6 Å². The highest BCUT2D eigenvalue weighted by Gasteiger charge is 2.24. The third-order valence-corrected chi connectivity index (χ3v) is 4.84. The quantitative estimate of drug-likeness (QED) is 0.878. The smallest absolute Gasteiger partial charge is 0.227 e. The van der Waals surface area contributed by atoms with Crippen molar-refractivity contribution in [2.45, 2.75) is 32.7 Å². The van der Waals surface area contributed by atoms with Gasteiger partial charge in [-0.15, -0.1) is 0 Å². The zero-order chi connectivity index (χ0) is 18.0. The van der Waals surface area contributed by atoms with E-state index in [2.05, 4.69) is 30.2 Å². The monoisotopic (exact) mass is 339 g/mol. The van der Waals surface area contributed by atoms with Gasteiger partial charge in [0.15, 0.2) is 0 Å². The van der Waals surface area contributed by atoms with Crippen LogP contribution in [0.4, 0.5) is 11.4 Å². The number of carbonyl (C=O) groups is 1. The second kappa shape index (κ2) is 7.23. The molecular weight excluding hydrogens is 314 g/mol. The van der Waals surface area contributed by atoms with E-state index < -0.39 is 0 Å². The number of nitrogens with zero attached hydrogens (tertiary/aromatic N) is 2. The summed E-state index contributed by atoms with van der Waals surface area (Å²) in [6.45, 7) is 4.21. The van der Waals surface area contributed by atoms with Gasteiger partial charge in [0.25, 0.3) is 0 Å². The van der Waals surface area contributed by atoms with E-state index in [4.69, 9.17) is 0 Å². The van der Waals surface area contributed by atoms with Crippen molar-refractivity contribution in [2.24, 2.45) is 5.92 Å².